The van der Waals surface area contributed by atoms with Crippen LogP contribution in [0.5, 0.6) is 5.75 Å². The highest BCUT2D eigenvalue weighted by Gasteiger charge is 2.06. The summed E-state index contributed by atoms with van der Waals surface area (Å²) < 4.78 is 10.8. The molecule has 5 nitrogen and oxygen atoms in total. The first kappa shape index (κ1) is 15.3. The first-order valence-electron chi connectivity index (χ1n) is 7.12. The highest BCUT2D eigenvalue weighted by atomic mass is 16.5. The van der Waals surface area contributed by atoms with Crippen LogP contribution in [0, 0.1) is 0 Å². The number of ether oxygens (including phenoxy) is 2. The number of amides is 1. The van der Waals surface area contributed by atoms with Crippen LogP contribution >= 0.6 is 0 Å². The lowest BCUT2D eigenvalue weighted by atomic mass is 10.2. The molecule has 0 atom stereocenters. The number of nitrogens with one attached hydrogen (secondary N) is 1. The Labute approximate surface area is 124 Å². The standard InChI is InChI=1S/C16H20N2O3/c1-2-20-11-5-10-17-15(19)12-21-14-8-3-6-13-7-4-9-18-16(13)14/h3-4,6-9H,2,5,10-12H2,1H3,(H,17,19). The van der Waals surface area contributed by atoms with Crippen LogP contribution in [0.3, 0.4) is 0 Å². The fourth-order valence-electron chi connectivity index (χ4n) is 1.93. The number of para-hydroxylation sites is 1. The van der Waals surface area contributed by atoms with E-state index in [1.165, 1.54) is 0 Å². The summed E-state index contributed by atoms with van der Waals surface area (Å²) in [7, 11) is 0. The molecule has 21 heavy (non-hydrogen) atoms. The SMILES string of the molecule is CCOCCCNC(=O)COc1cccc2cccnc12. The summed E-state index contributed by atoms with van der Waals surface area (Å²) in [4.78, 5) is 16.0. The molecule has 1 aromatic heterocycles. The van der Waals surface area contributed by atoms with Gasteiger partial charge in [-0.25, -0.2) is 0 Å². The van der Waals surface area contributed by atoms with Crippen LogP contribution in [0.2, 0.25) is 0 Å². The lowest BCUT2D eigenvalue weighted by molar-refractivity contribution is -0.123. The second-order valence-corrected chi connectivity index (χ2v) is 4.52. The van der Waals surface area contributed by atoms with Crippen molar-refractivity contribution in [3.63, 3.8) is 0 Å². The van der Waals surface area contributed by atoms with E-state index in [1.807, 2.05) is 37.3 Å². The highest BCUT2D eigenvalue weighted by molar-refractivity contribution is 5.85. The Kier molecular flexibility index (Phi) is 5.97. The van der Waals surface area contributed by atoms with Crippen LogP contribution in [0.25, 0.3) is 10.9 Å². The number of hydrogen-bond acceptors (Lipinski definition) is 4. The zero-order valence-corrected chi connectivity index (χ0v) is 12.2. The fourth-order valence-corrected chi connectivity index (χ4v) is 1.93. The fraction of sp³-hybridized carbons (Fsp3) is 0.375. The molecule has 0 saturated heterocycles. The maximum Gasteiger partial charge on any atom is 0.257 e. The predicted octanol–water partition coefficient (Wildman–Crippen LogP) is 2.16. The van der Waals surface area contributed by atoms with Gasteiger partial charge < -0.3 is 14.8 Å². The van der Waals surface area contributed by atoms with Gasteiger partial charge in [-0.1, -0.05) is 18.2 Å². The van der Waals surface area contributed by atoms with Crippen LogP contribution in [0.1, 0.15) is 13.3 Å². The second-order valence-electron chi connectivity index (χ2n) is 4.52. The normalized spacial score (nSPS) is 10.5. The van der Waals surface area contributed by atoms with Gasteiger partial charge in [0, 0.05) is 31.3 Å². The van der Waals surface area contributed by atoms with Crippen molar-refractivity contribution >= 4 is 16.8 Å². The van der Waals surface area contributed by atoms with E-state index in [9.17, 15) is 4.79 Å². The van der Waals surface area contributed by atoms with Gasteiger partial charge in [0.05, 0.1) is 0 Å². The molecule has 0 fully saturated rings. The molecule has 1 aromatic carbocycles. The van der Waals surface area contributed by atoms with Gasteiger partial charge in [-0.2, -0.15) is 0 Å². The van der Waals surface area contributed by atoms with E-state index in [0.717, 1.165) is 17.3 Å². The molecule has 1 N–H and O–H groups in total. The van der Waals surface area contributed by atoms with E-state index in [-0.39, 0.29) is 12.5 Å². The molecule has 0 unspecified atom stereocenters. The molecule has 0 bridgehead atoms. The molecular formula is C16H20N2O3. The predicted molar refractivity (Wildman–Crippen MR) is 81.4 cm³/mol. The van der Waals surface area contributed by atoms with Gasteiger partial charge in [0.2, 0.25) is 0 Å². The van der Waals surface area contributed by atoms with Gasteiger partial charge >= 0.3 is 0 Å². The molecule has 0 saturated carbocycles. The van der Waals surface area contributed by atoms with Gasteiger partial charge in [-0.05, 0) is 25.5 Å². The monoisotopic (exact) mass is 288 g/mol. The van der Waals surface area contributed by atoms with Crippen molar-refractivity contribution in [3.8, 4) is 5.75 Å². The molecule has 0 aliphatic heterocycles. The molecular weight excluding hydrogens is 268 g/mol. The molecule has 0 radical (unpaired) electrons. The minimum absolute atomic E-state index is 0.00960. The van der Waals surface area contributed by atoms with E-state index in [1.54, 1.807) is 6.20 Å². The Morgan fingerprint density at radius 2 is 2.14 bits per heavy atom. The first-order valence-corrected chi connectivity index (χ1v) is 7.12. The Balaban J connectivity index is 1.80. The van der Waals surface area contributed by atoms with Crippen molar-refractivity contribution in [3.05, 3.63) is 36.5 Å². The number of fused-ring (bicyclic) bond motifs is 1. The average Bonchev–Trinajstić information content (AvgIpc) is 2.52. The largest absolute Gasteiger partial charge is 0.481 e. The van der Waals surface area contributed by atoms with Gasteiger partial charge in [-0.15, -0.1) is 0 Å². The first-order chi connectivity index (χ1) is 10.3. The molecule has 0 aliphatic carbocycles. The number of hydrogen-bond donors (Lipinski definition) is 1. The van der Waals surface area contributed by atoms with Crippen LogP contribution in [0.4, 0.5) is 0 Å². The topological polar surface area (TPSA) is 60.5 Å². The van der Waals surface area contributed by atoms with E-state index in [0.29, 0.717) is 25.5 Å². The Morgan fingerprint density at radius 1 is 1.29 bits per heavy atom. The summed E-state index contributed by atoms with van der Waals surface area (Å²) in [5.41, 5.74) is 0.768. The summed E-state index contributed by atoms with van der Waals surface area (Å²) in [5.74, 6) is 0.483. The lowest BCUT2D eigenvalue weighted by Gasteiger charge is -2.09. The van der Waals surface area contributed by atoms with Crippen molar-refractivity contribution in [1.82, 2.24) is 10.3 Å². The summed E-state index contributed by atoms with van der Waals surface area (Å²) >= 11 is 0. The van der Waals surface area contributed by atoms with Crippen LogP contribution in [-0.4, -0.2) is 37.3 Å². The van der Waals surface area contributed by atoms with E-state index in [4.69, 9.17) is 9.47 Å². The molecule has 1 amide bonds. The second kappa shape index (κ2) is 8.21. The average molecular weight is 288 g/mol. The van der Waals surface area contributed by atoms with Gasteiger partial charge in [-0.3, -0.25) is 9.78 Å². The van der Waals surface area contributed by atoms with E-state index in [2.05, 4.69) is 10.3 Å². The Bertz CT molecular complexity index is 581. The third kappa shape index (κ3) is 4.72. The van der Waals surface area contributed by atoms with E-state index >= 15 is 0 Å². The molecule has 2 rings (SSSR count). The lowest BCUT2D eigenvalue weighted by Crippen LogP contribution is -2.30. The van der Waals surface area contributed by atoms with Crippen molar-refractivity contribution < 1.29 is 14.3 Å². The number of nitrogens with zero attached hydrogens (tertiary/aromatic N) is 1. The van der Waals surface area contributed by atoms with Crippen molar-refractivity contribution in [2.75, 3.05) is 26.4 Å². The quantitative estimate of drug-likeness (QED) is 0.756. The van der Waals surface area contributed by atoms with Crippen LogP contribution in [-0.2, 0) is 9.53 Å². The maximum atomic E-state index is 11.7. The van der Waals surface area contributed by atoms with Crippen molar-refractivity contribution in [2.24, 2.45) is 0 Å². The summed E-state index contributed by atoms with van der Waals surface area (Å²) in [6.45, 7) is 3.89. The van der Waals surface area contributed by atoms with E-state index < -0.39 is 0 Å². The minimum Gasteiger partial charge on any atom is -0.481 e. The van der Waals surface area contributed by atoms with Crippen LogP contribution in [0.15, 0.2) is 36.5 Å². The van der Waals surface area contributed by atoms with Crippen molar-refractivity contribution in [2.45, 2.75) is 13.3 Å². The number of pyridine rings is 1. The number of benzene rings is 1. The highest BCUT2D eigenvalue weighted by Crippen LogP contribution is 2.22. The Hall–Kier alpha value is -2.14. The van der Waals surface area contributed by atoms with Gasteiger partial charge in [0.25, 0.3) is 5.91 Å². The summed E-state index contributed by atoms with van der Waals surface area (Å²) in [6, 6.07) is 9.50. The molecule has 0 spiro atoms. The zero-order chi connectivity index (χ0) is 14.9. The minimum atomic E-state index is -0.139. The molecule has 2 aromatic rings. The maximum absolute atomic E-state index is 11.7. The third-order valence-electron chi connectivity index (χ3n) is 2.95. The van der Waals surface area contributed by atoms with Gasteiger partial charge in [0.1, 0.15) is 11.3 Å². The summed E-state index contributed by atoms with van der Waals surface area (Å²) in [5, 5.41) is 3.79. The van der Waals surface area contributed by atoms with Crippen LogP contribution < -0.4 is 10.1 Å². The molecule has 1 heterocycles. The zero-order valence-electron chi connectivity index (χ0n) is 12.2. The van der Waals surface area contributed by atoms with Gasteiger partial charge in [0.15, 0.2) is 6.61 Å². The summed E-state index contributed by atoms with van der Waals surface area (Å²) in [6.07, 6.45) is 2.51. The number of carbonyl (C=O) groups is 1. The molecule has 0 aliphatic rings. The number of aromatic nitrogens is 1. The smallest absolute Gasteiger partial charge is 0.257 e. The molecule has 5 heteroatoms. The third-order valence-corrected chi connectivity index (χ3v) is 2.95. The Morgan fingerprint density at radius 3 is 3.00 bits per heavy atom. The molecule has 112 valence electrons. The number of carbonyl (C=O) groups excluding carboxylic acids is 1. The van der Waals surface area contributed by atoms with Crippen molar-refractivity contribution in [1.29, 1.82) is 0 Å². The number of rotatable bonds is 8.